The lowest BCUT2D eigenvalue weighted by Crippen LogP contribution is -2.51. The molecule has 0 spiro atoms. The maximum absolute atomic E-state index is 14.1. The van der Waals surface area contributed by atoms with Crippen molar-refractivity contribution in [2.75, 3.05) is 5.32 Å². The monoisotopic (exact) mass is 505 g/mol. The summed E-state index contributed by atoms with van der Waals surface area (Å²) in [6.45, 7) is 0. The largest absolute Gasteiger partial charge is 0.390 e. The van der Waals surface area contributed by atoms with Gasteiger partial charge >= 0.3 is 0 Å². The summed E-state index contributed by atoms with van der Waals surface area (Å²) in [5.41, 5.74) is 0.643. The molecule has 1 aliphatic rings. The predicted molar refractivity (Wildman–Crippen MR) is 109 cm³/mol. The lowest BCUT2D eigenvalue weighted by atomic mass is 9.90. The standard InChI is InChI=1S/C18H18ClFIN3O3/c19-16-7-10(18(27)24-13-2-1-3-15(25)17(13)26)14(8-22-16)23-12-5-4-9(21)6-11(12)20/h4-8,13,15,17,23,25-26H,1-3H2,(H,24,27)/t13-,15?,17?/m0/s1. The van der Waals surface area contributed by atoms with Crippen LogP contribution in [-0.4, -0.2) is 39.4 Å². The molecule has 0 saturated heterocycles. The van der Waals surface area contributed by atoms with Gasteiger partial charge in [-0.05, 0) is 66.1 Å². The Hall–Kier alpha value is -1.49. The lowest BCUT2D eigenvalue weighted by Gasteiger charge is -2.32. The number of rotatable bonds is 4. The number of hydrogen-bond acceptors (Lipinski definition) is 5. The van der Waals surface area contributed by atoms with Crippen LogP contribution in [0.1, 0.15) is 29.6 Å². The van der Waals surface area contributed by atoms with E-state index in [0.717, 1.165) is 3.57 Å². The topological polar surface area (TPSA) is 94.5 Å². The van der Waals surface area contributed by atoms with E-state index in [1.165, 1.54) is 18.3 Å². The Labute approximate surface area is 174 Å². The third-order valence-electron chi connectivity index (χ3n) is 4.45. The highest BCUT2D eigenvalue weighted by Crippen LogP contribution is 2.26. The van der Waals surface area contributed by atoms with E-state index in [1.807, 2.05) is 22.6 Å². The zero-order valence-corrected chi connectivity index (χ0v) is 17.0. The van der Waals surface area contributed by atoms with E-state index in [0.29, 0.717) is 19.3 Å². The second-order valence-corrected chi connectivity index (χ2v) is 8.00. The van der Waals surface area contributed by atoms with Crippen LogP contribution in [-0.2, 0) is 0 Å². The molecule has 1 aromatic heterocycles. The van der Waals surface area contributed by atoms with Crippen LogP contribution in [0.4, 0.5) is 15.8 Å². The van der Waals surface area contributed by atoms with Crippen molar-refractivity contribution >= 4 is 51.5 Å². The second-order valence-electron chi connectivity index (χ2n) is 6.37. The number of amides is 1. The number of nitrogens with one attached hydrogen (secondary N) is 2. The first-order valence-corrected chi connectivity index (χ1v) is 9.85. The molecule has 0 bridgehead atoms. The normalized spacial score (nSPS) is 22.3. The summed E-state index contributed by atoms with van der Waals surface area (Å²) in [7, 11) is 0. The zero-order valence-electron chi connectivity index (χ0n) is 14.1. The first kappa shape index (κ1) is 20.2. The first-order chi connectivity index (χ1) is 12.8. The molecule has 144 valence electrons. The van der Waals surface area contributed by atoms with Crippen LogP contribution in [0.25, 0.3) is 0 Å². The van der Waals surface area contributed by atoms with Gasteiger partial charge in [0.2, 0.25) is 0 Å². The number of pyridine rings is 1. The Balaban J connectivity index is 1.84. The summed E-state index contributed by atoms with van der Waals surface area (Å²) in [4.78, 5) is 16.7. The van der Waals surface area contributed by atoms with Crippen molar-refractivity contribution in [3.8, 4) is 0 Å². The van der Waals surface area contributed by atoms with Crippen molar-refractivity contribution in [3.05, 3.63) is 50.6 Å². The van der Waals surface area contributed by atoms with E-state index in [9.17, 15) is 19.4 Å². The first-order valence-electron chi connectivity index (χ1n) is 8.40. The average molecular weight is 506 g/mol. The van der Waals surface area contributed by atoms with Gasteiger partial charge in [-0.2, -0.15) is 0 Å². The van der Waals surface area contributed by atoms with Gasteiger partial charge in [0.25, 0.3) is 5.91 Å². The number of aliphatic hydroxyl groups excluding tert-OH is 2. The molecule has 1 amide bonds. The van der Waals surface area contributed by atoms with E-state index in [1.54, 1.807) is 12.1 Å². The Morgan fingerprint density at radius 1 is 1.26 bits per heavy atom. The number of anilines is 2. The van der Waals surface area contributed by atoms with Crippen LogP contribution in [0.5, 0.6) is 0 Å². The minimum Gasteiger partial charge on any atom is -0.390 e. The third-order valence-corrected chi connectivity index (χ3v) is 5.33. The molecule has 1 aliphatic carbocycles. The Morgan fingerprint density at radius 3 is 2.78 bits per heavy atom. The van der Waals surface area contributed by atoms with Crippen molar-refractivity contribution in [2.45, 2.75) is 37.5 Å². The summed E-state index contributed by atoms with van der Waals surface area (Å²) in [5.74, 6) is -0.958. The quantitative estimate of drug-likeness (QED) is 0.378. The molecule has 27 heavy (non-hydrogen) atoms. The fraction of sp³-hybridized carbons (Fsp3) is 0.333. The van der Waals surface area contributed by atoms with E-state index in [2.05, 4.69) is 15.6 Å². The summed E-state index contributed by atoms with van der Waals surface area (Å²) >= 11 is 7.93. The molecule has 2 unspecified atom stereocenters. The molecule has 0 aliphatic heterocycles. The maximum Gasteiger partial charge on any atom is 0.253 e. The predicted octanol–water partition coefficient (Wildman–Crippen LogP) is 3.23. The highest BCUT2D eigenvalue weighted by Gasteiger charge is 2.32. The van der Waals surface area contributed by atoms with E-state index in [-0.39, 0.29) is 22.1 Å². The Kier molecular flexibility index (Phi) is 6.51. The molecular weight excluding hydrogens is 488 g/mol. The molecule has 0 radical (unpaired) electrons. The van der Waals surface area contributed by atoms with E-state index >= 15 is 0 Å². The maximum atomic E-state index is 14.1. The van der Waals surface area contributed by atoms with Crippen molar-refractivity contribution in [1.82, 2.24) is 10.3 Å². The summed E-state index contributed by atoms with van der Waals surface area (Å²) < 4.78 is 14.9. The van der Waals surface area contributed by atoms with Crippen LogP contribution in [0.3, 0.4) is 0 Å². The minimum absolute atomic E-state index is 0.109. The molecule has 1 saturated carbocycles. The number of halogens is 3. The van der Waals surface area contributed by atoms with Crippen molar-refractivity contribution in [1.29, 1.82) is 0 Å². The van der Waals surface area contributed by atoms with Gasteiger partial charge < -0.3 is 20.8 Å². The van der Waals surface area contributed by atoms with Crippen LogP contribution >= 0.6 is 34.2 Å². The molecule has 6 nitrogen and oxygen atoms in total. The highest BCUT2D eigenvalue weighted by atomic mass is 127. The van der Waals surface area contributed by atoms with Crippen molar-refractivity contribution < 1.29 is 19.4 Å². The number of benzene rings is 1. The van der Waals surface area contributed by atoms with Crippen molar-refractivity contribution in [2.24, 2.45) is 0 Å². The molecule has 1 heterocycles. The van der Waals surface area contributed by atoms with Gasteiger partial charge in [0.15, 0.2) is 0 Å². The lowest BCUT2D eigenvalue weighted by molar-refractivity contribution is -0.0277. The average Bonchev–Trinajstić information content (AvgIpc) is 2.62. The molecule has 3 atom stereocenters. The van der Waals surface area contributed by atoms with Gasteiger partial charge in [-0.15, -0.1) is 0 Å². The van der Waals surface area contributed by atoms with Gasteiger partial charge in [-0.3, -0.25) is 4.79 Å². The van der Waals surface area contributed by atoms with Gasteiger partial charge in [-0.1, -0.05) is 11.6 Å². The molecular formula is C18H18ClFIN3O3. The minimum atomic E-state index is -1.04. The molecule has 9 heteroatoms. The molecule has 2 aromatic rings. The van der Waals surface area contributed by atoms with Gasteiger partial charge in [-0.25, -0.2) is 9.37 Å². The summed E-state index contributed by atoms with van der Waals surface area (Å²) in [5, 5.41) is 25.6. The fourth-order valence-corrected chi connectivity index (χ4v) is 3.62. The van der Waals surface area contributed by atoms with Crippen molar-refractivity contribution in [3.63, 3.8) is 0 Å². The smallest absolute Gasteiger partial charge is 0.253 e. The molecule has 1 fully saturated rings. The third kappa shape index (κ3) is 4.87. The fourth-order valence-electron chi connectivity index (χ4n) is 3.01. The van der Waals surface area contributed by atoms with Crippen LogP contribution in [0.2, 0.25) is 5.15 Å². The van der Waals surface area contributed by atoms with Gasteiger partial charge in [0, 0.05) is 3.57 Å². The SMILES string of the molecule is O=C(N[C@H]1CCCC(O)C1O)c1cc(Cl)ncc1Nc1ccc(I)cc1F. The summed E-state index contributed by atoms with van der Waals surface area (Å²) in [6, 6.07) is 5.46. The van der Waals surface area contributed by atoms with E-state index in [4.69, 9.17) is 11.6 Å². The number of aliphatic hydroxyl groups is 2. The van der Waals surface area contributed by atoms with Crippen LogP contribution in [0, 0.1) is 9.39 Å². The van der Waals surface area contributed by atoms with Gasteiger partial charge in [0.1, 0.15) is 11.0 Å². The zero-order chi connectivity index (χ0) is 19.6. The van der Waals surface area contributed by atoms with Gasteiger partial charge in [0.05, 0.1) is 41.4 Å². The van der Waals surface area contributed by atoms with E-state index < -0.39 is 30.0 Å². The van der Waals surface area contributed by atoms with Crippen LogP contribution < -0.4 is 10.6 Å². The molecule has 4 N–H and O–H groups in total. The Morgan fingerprint density at radius 2 is 2.04 bits per heavy atom. The number of nitrogens with zero attached hydrogens (tertiary/aromatic N) is 1. The number of hydrogen-bond donors (Lipinski definition) is 4. The Bertz CT molecular complexity index is 855. The highest BCUT2D eigenvalue weighted by molar-refractivity contribution is 14.1. The van der Waals surface area contributed by atoms with Crippen LogP contribution in [0.15, 0.2) is 30.5 Å². The summed E-state index contributed by atoms with van der Waals surface area (Å²) in [6.07, 6.45) is 1.18. The second kappa shape index (κ2) is 8.68. The molecule has 1 aromatic carbocycles. The molecule has 3 rings (SSSR count). The number of aromatic nitrogens is 1. The number of carbonyl (C=O) groups is 1. The number of carbonyl (C=O) groups excluding carboxylic acids is 1.